The molecule has 2 heterocycles. The van der Waals surface area contributed by atoms with E-state index in [0.717, 1.165) is 37.9 Å². The Morgan fingerprint density at radius 2 is 1.92 bits per heavy atom. The molecule has 3 atom stereocenters. The van der Waals surface area contributed by atoms with E-state index < -0.39 is 6.10 Å². The number of hydrogen-bond acceptors (Lipinski definition) is 4. The van der Waals surface area contributed by atoms with E-state index in [1.807, 2.05) is 11.0 Å². The lowest BCUT2D eigenvalue weighted by atomic mass is 9.90. The Bertz CT molecular complexity index is 587. The first-order valence-corrected chi connectivity index (χ1v) is 8.43. The summed E-state index contributed by atoms with van der Waals surface area (Å²) in [5, 5.41) is 9.72. The van der Waals surface area contributed by atoms with Crippen LogP contribution in [0.5, 0.6) is 0 Å². The number of piperidine rings is 1. The van der Waals surface area contributed by atoms with E-state index in [-0.39, 0.29) is 48.2 Å². The number of aromatic nitrogens is 1. The summed E-state index contributed by atoms with van der Waals surface area (Å²) in [6.07, 6.45) is 5.22. The summed E-state index contributed by atoms with van der Waals surface area (Å²) in [7, 11) is 0. The predicted octanol–water partition coefficient (Wildman–Crippen LogP) is 1.10. The van der Waals surface area contributed by atoms with E-state index in [4.69, 9.17) is 5.73 Å². The Kier molecular flexibility index (Phi) is 8.41. The number of nitrogens with two attached hydrogens (primary N) is 1. The van der Waals surface area contributed by atoms with E-state index in [0.29, 0.717) is 18.8 Å². The summed E-state index contributed by atoms with van der Waals surface area (Å²) in [4.78, 5) is 28.2. The number of halogens is 2. The minimum Gasteiger partial charge on any atom is -0.391 e. The summed E-state index contributed by atoms with van der Waals surface area (Å²) < 4.78 is 0. The zero-order valence-electron chi connectivity index (χ0n) is 14.1. The van der Waals surface area contributed by atoms with Crippen molar-refractivity contribution in [3.05, 3.63) is 34.2 Å². The van der Waals surface area contributed by atoms with E-state index >= 15 is 0 Å². The van der Waals surface area contributed by atoms with Crippen LogP contribution in [0, 0.1) is 11.8 Å². The molecule has 0 spiro atoms. The van der Waals surface area contributed by atoms with Crippen molar-refractivity contribution >= 4 is 30.7 Å². The number of pyridine rings is 1. The monoisotopic (exact) mass is 391 g/mol. The number of amides is 1. The van der Waals surface area contributed by atoms with Crippen LogP contribution in [-0.2, 0) is 11.2 Å². The summed E-state index contributed by atoms with van der Waals surface area (Å²) in [5.41, 5.74) is 6.87. The summed E-state index contributed by atoms with van der Waals surface area (Å²) >= 11 is 0. The molecule has 6 nitrogen and oxygen atoms in total. The third-order valence-electron chi connectivity index (χ3n) is 5.23. The van der Waals surface area contributed by atoms with Gasteiger partial charge < -0.3 is 20.7 Å². The number of nitrogens with one attached hydrogen (secondary N) is 1. The van der Waals surface area contributed by atoms with Crippen LogP contribution in [0.2, 0.25) is 0 Å². The first kappa shape index (κ1) is 22.0. The van der Waals surface area contributed by atoms with Crippen LogP contribution in [0.3, 0.4) is 0 Å². The fraction of sp³-hybridized carbons (Fsp3) is 0.647. The van der Waals surface area contributed by atoms with Gasteiger partial charge in [0.1, 0.15) is 0 Å². The largest absolute Gasteiger partial charge is 0.391 e. The topological polar surface area (TPSA) is 99.4 Å². The second-order valence-electron chi connectivity index (χ2n) is 6.93. The highest BCUT2D eigenvalue weighted by molar-refractivity contribution is 5.85. The normalized spacial score (nSPS) is 26.6. The Morgan fingerprint density at radius 1 is 1.24 bits per heavy atom. The van der Waals surface area contributed by atoms with Gasteiger partial charge in [0, 0.05) is 37.3 Å². The van der Waals surface area contributed by atoms with Crippen LogP contribution in [-0.4, -0.2) is 46.1 Å². The molecule has 1 aliphatic carbocycles. The first-order valence-electron chi connectivity index (χ1n) is 8.43. The predicted molar refractivity (Wildman–Crippen MR) is 101 cm³/mol. The zero-order valence-corrected chi connectivity index (χ0v) is 15.7. The van der Waals surface area contributed by atoms with E-state index in [9.17, 15) is 14.7 Å². The summed E-state index contributed by atoms with van der Waals surface area (Å²) in [6.45, 7) is 1.55. The molecule has 0 aromatic carbocycles. The average molecular weight is 392 g/mol. The molecule has 142 valence electrons. The van der Waals surface area contributed by atoms with Crippen LogP contribution < -0.4 is 11.3 Å². The Morgan fingerprint density at radius 3 is 2.44 bits per heavy atom. The molecule has 3 rings (SSSR count). The smallest absolute Gasteiger partial charge is 0.247 e. The Hall–Kier alpha value is -1.08. The molecule has 0 bridgehead atoms. The van der Waals surface area contributed by atoms with Gasteiger partial charge in [-0.3, -0.25) is 9.59 Å². The molecule has 1 saturated carbocycles. The van der Waals surface area contributed by atoms with Gasteiger partial charge in [-0.2, -0.15) is 0 Å². The highest BCUT2D eigenvalue weighted by Crippen LogP contribution is 2.29. The molecular formula is C17H27Cl2N3O3. The number of likely N-dealkylation sites (tertiary alicyclic amines) is 1. The molecule has 25 heavy (non-hydrogen) atoms. The molecule has 1 aromatic rings. The molecule has 0 radical (unpaired) electrons. The van der Waals surface area contributed by atoms with Gasteiger partial charge >= 0.3 is 0 Å². The quantitative estimate of drug-likeness (QED) is 0.717. The van der Waals surface area contributed by atoms with Crippen molar-refractivity contribution in [2.24, 2.45) is 17.6 Å². The molecule has 1 aromatic heterocycles. The molecule has 2 fully saturated rings. The fourth-order valence-electron chi connectivity index (χ4n) is 3.77. The number of aliphatic hydroxyl groups excluding tert-OH is 1. The molecule has 2 aliphatic rings. The number of rotatable bonds is 3. The van der Waals surface area contributed by atoms with E-state index in [1.165, 1.54) is 0 Å². The second-order valence-corrected chi connectivity index (χ2v) is 6.93. The van der Waals surface area contributed by atoms with Crippen LogP contribution in [0.4, 0.5) is 0 Å². The van der Waals surface area contributed by atoms with Gasteiger partial charge in [0.2, 0.25) is 11.5 Å². The number of nitrogens with zero attached hydrogens (tertiary/aromatic N) is 1. The van der Waals surface area contributed by atoms with Gasteiger partial charge in [0.05, 0.1) is 6.10 Å². The van der Waals surface area contributed by atoms with E-state index in [2.05, 4.69) is 4.98 Å². The van der Waals surface area contributed by atoms with Crippen LogP contribution in [0.1, 0.15) is 31.2 Å². The Balaban J connectivity index is 0.00000156. The second kappa shape index (κ2) is 9.57. The van der Waals surface area contributed by atoms with Crippen molar-refractivity contribution in [3.8, 4) is 0 Å². The summed E-state index contributed by atoms with van der Waals surface area (Å²) in [6, 6.07) is 3.17. The highest BCUT2D eigenvalue weighted by Gasteiger charge is 2.37. The molecule has 8 heteroatoms. The lowest BCUT2D eigenvalue weighted by Crippen LogP contribution is -2.42. The van der Waals surface area contributed by atoms with Crippen molar-refractivity contribution in [2.75, 3.05) is 13.1 Å². The summed E-state index contributed by atoms with van der Waals surface area (Å²) in [5.74, 6) is 0.580. The van der Waals surface area contributed by atoms with Gasteiger partial charge in [-0.05, 0) is 43.6 Å². The molecule has 1 aliphatic heterocycles. The van der Waals surface area contributed by atoms with Crippen molar-refractivity contribution in [1.82, 2.24) is 9.88 Å². The number of H-pyrrole nitrogens is 1. The van der Waals surface area contributed by atoms with Gasteiger partial charge in [0.15, 0.2) is 0 Å². The minimum absolute atomic E-state index is 0. The number of carbonyl (C=O) groups excluding carboxylic acids is 1. The molecule has 4 N–H and O–H groups in total. The van der Waals surface area contributed by atoms with Gasteiger partial charge in [-0.1, -0.05) is 6.07 Å². The lowest BCUT2D eigenvalue weighted by molar-refractivity contribution is -0.137. The number of hydrogen-bond donors (Lipinski definition) is 3. The van der Waals surface area contributed by atoms with Crippen molar-refractivity contribution < 1.29 is 9.90 Å². The van der Waals surface area contributed by atoms with Gasteiger partial charge in [-0.25, -0.2) is 0 Å². The van der Waals surface area contributed by atoms with Crippen LogP contribution in [0.15, 0.2) is 23.1 Å². The number of aromatic amines is 1. The minimum atomic E-state index is -0.540. The maximum Gasteiger partial charge on any atom is 0.247 e. The molecule has 1 amide bonds. The van der Waals surface area contributed by atoms with Crippen LogP contribution in [0.25, 0.3) is 0 Å². The lowest BCUT2D eigenvalue weighted by Gasteiger charge is -2.33. The zero-order chi connectivity index (χ0) is 16.4. The van der Waals surface area contributed by atoms with Gasteiger partial charge in [-0.15, -0.1) is 24.8 Å². The maximum absolute atomic E-state index is 12.5. The van der Waals surface area contributed by atoms with Crippen molar-refractivity contribution in [2.45, 2.75) is 44.2 Å². The molecule has 1 saturated heterocycles. The van der Waals surface area contributed by atoms with E-state index in [1.54, 1.807) is 12.3 Å². The fourth-order valence-corrected chi connectivity index (χ4v) is 3.77. The maximum atomic E-state index is 12.5. The molecular weight excluding hydrogens is 365 g/mol. The Labute approximate surface area is 160 Å². The van der Waals surface area contributed by atoms with Gasteiger partial charge in [0.25, 0.3) is 0 Å². The number of aliphatic hydroxyl groups is 1. The third-order valence-corrected chi connectivity index (χ3v) is 5.23. The average Bonchev–Trinajstić information content (AvgIpc) is 2.89. The number of carbonyl (C=O) groups is 1. The standard InChI is InChI=1S/C17H25N3O3.2ClH/c18-14-8-13(9-15(14)21)17(23)20-5-3-11(4-6-20)7-12-1-2-16(22)19-10-12;;/h1-2,10-11,13-15,21H,3-9,18H2,(H,19,22);2*1H/t13-,14+,15+;;/m0../s1. The van der Waals surface area contributed by atoms with Crippen LogP contribution >= 0.6 is 24.8 Å². The van der Waals surface area contributed by atoms with Crippen molar-refractivity contribution in [1.29, 1.82) is 0 Å². The highest BCUT2D eigenvalue weighted by atomic mass is 35.5. The molecule has 0 unspecified atom stereocenters. The third kappa shape index (κ3) is 5.45. The first-order chi connectivity index (χ1) is 11.0. The van der Waals surface area contributed by atoms with Crippen molar-refractivity contribution in [3.63, 3.8) is 0 Å². The SMILES string of the molecule is Cl.Cl.N[C@@H]1C[C@H](C(=O)N2CCC(Cc3ccc(=O)[nH]c3)CC2)C[C@H]1O.